The zero-order valence-corrected chi connectivity index (χ0v) is 14.5. The lowest BCUT2D eigenvalue weighted by Crippen LogP contribution is -2.08. The number of hydrogen-bond acceptors (Lipinski definition) is 5. The Labute approximate surface area is 147 Å². The third kappa shape index (κ3) is 5.93. The van der Waals surface area contributed by atoms with Crippen molar-refractivity contribution in [1.29, 1.82) is 0 Å². The molecule has 0 saturated heterocycles. The minimum absolute atomic E-state index is 0.00197. The number of rotatable bonds is 7. The molecule has 0 aliphatic carbocycles. The van der Waals surface area contributed by atoms with Crippen molar-refractivity contribution in [2.24, 2.45) is 0 Å². The molecule has 0 fully saturated rings. The number of carbonyl (C=O) groups excluding carboxylic acids is 1. The molecule has 0 radical (unpaired) electrons. The highest BCUT2D eigenvalue weighted by Gasteiger charge is 2.17. The molecule has 0 bridgehead atoms. The molecule has 2 rings (SSSR count). The zero-order valence-electron chi connectivity index (χ0n) is 13.7. The normalized spacial score (nSPS) is 12.1. The average Bonchev–Trinajstić information content (AvgIpc) is 2.61. The molecular formula is C19H18O5S. The second kappa shape index (κ2) is 8.84. The fourth-order valence-corrected chi connectivity index (χ4v) is 2.85. The van der Waals surface area contributed by atoms with Crippen molar-refractivity contribution in [3.63, 3.8) is 0 Å². The highest BCUT2D eigenvalue weighted by Crippen LogP contribution is 2.17. The van der Waals surface area contributed by atoms with Crippen LogP contribution in [0.5, 0.6) is 0 Å². The first-order valence-electron chi connectivity index (χ1n) is 7.62. The van der Waals surface area contributed by atoms with Gasteiger partial charge in [-0.2, -0.15) is 8.42 Å². The molecule has 0 aromatic heterocycles. The van der Waals surface area contributed by atoms with E-state index in [2.05, 4.69) is 0 Å². The Morgan fingerprint density at radius 3 is 2.20 bits per heavy atom. The smallest absolute Gasteiger partial charge is 0.339 e. The number of esters is 1. The summed E-state index contributed by atoms with van der Waals surface area (Å²) < 4.78 is 34.6. The zero-order chi connectivity index (χ0) is 18.1. The van der Waals surface area contributed by atoms with Gasteiger partial charge in [-0.1, -0.05) is 54.6 Å². The Morgan fingerprint density at radius 2 is 1.60 bits per heavy atom. The summed E-state index contributed by atoms with van der Waals surface area (Å²) in [5.41, 5.74) is 0.831. The summed E-state index contributed by atoms with van der Waals surface area (Å²) in [6.07, 6.45) is 4.06. The predicted octanol–water partition coefficient (Wildman–Crippen LogP) is 3.55. The molecule has 0 aliphatic rings. The summed E-state index contributed by atoms with van der Waals surface area (Å²) in [7, 11) is -4.05. The third-order valence-corrected chi connectivity index (χ3v) is 4.29. The van der Waals surface area contributed by atoms with Crippen molar-refractivity contribution in [1.82, 2.24) is 0 Å². The number of allylic oxidation sites excluding steroid dienone is 1. The van der Waals surface area contributed by atoms with Crippen LogP contribution in [0.4, 0.5) is 0 Å². The number of carbonyl (C=O) groups is 1. The van der Waals surface area contributed by atoms with Gasteiger partial charge in [0.05, 0.1) is 12.7 Å². The molecule has 0 amide bonds. The van der Waals surface area contributed by atoms with Gasteiger partial charge in [-0.15, -0.1) is 0 Å². The van der Waals surface area contributed by atoms with E-state index in [0.717, 1.165) is 11.6 Å². The lowest BCUT2D eigenvalue weighted by molar-refractivity contribution is -0.137. The first kappa shape index (κ1) is 18.5. The van der Waals surface area contributed by atoms with Crippen LogP contribution in [-0.4, -0.2) is 21.0 Å². The molecule has 0 saturated carbocycles. The fourth-order valence-electron chi connectivity index (χ4n) is 1.90. The van der Waals surface area contributed by atoms with Crippen LogP contribution in [0.2, 0.25) is 0 Å². The van der Waals surface area contributed by atoms with Gasteiger partial charge in [0.15, 0.2) is 0 Å². The summed E-state index contributed by atoms with van der Waals surface area (Å²) in [5, 5.41) is 0. The molecule has 0 aliphatic heterocycles. The van der Waals surface area contributed by atoms with Crippen LogP contribution in [0, 0.1) is 0 Å². The van der Waals surface area contributed by atoms with Crippen LogP contribution < -0.4 is 0 Å². The van der Waals surface area contributed by atoms with Gasteiger partial charge in [-0.05, 0) is 30.7 Å². The predicted molar refractivity (Wildman–Crippen MR) is 94.9 cm³/mol. The second-order valence-corrected chi connectivity index (χ2v) is 6.44. The maximum Gasteiger partial charge on any atom is 0.339 e. The summed E-state index contributed by atoms with van der Waals surface area (Å²) in [6.45, 7) is 1.84. The van der Waals surface area contributed by atoms with Crippen LogP contribution in [0.15, 0.2) is 83.5 Å². The maximum absolute atomic E-state index is 12.3. The largest absolute Gasteiger partial charge is 0.463 e. The molecule has 2 aromatic rings. The number of ether oxygens (including phenoxy) is 1. The topological polar surface area (TPSA) is 69.7 Å². The van der Waals surface area contributed by atoms with E-state index in [9.17, 15) is 13.2 Å². The molecule has 0 spiro atoms. The van der Waals surface area contributed by atoms with E-state index < -0.39 is 16.1 Å². The summed E-state index contributed by atoms with van der Waals surface area (Å²) in [6, 6.07) is 16.9. The molecule has 25 heavy (non-hydrogen) atoms. The van der Waals surface area contributed by atoms with Crippen molar-refractivity contribution >= 4 is 22.2 Å². The fraction of sp³-hybridized carbons (Fsp3) is 0.105. The van der Waals surface area contributed by atoms with Gasteiger partial charge in [0.2, 0.25) is 0 Å². The lowest BCUT2D eigenvalue weighted by Gasteiger charge is -2.08. The number of hydrogen-bond donors (Lipinski definition) is 0. The molecule has 0 heterocycles. The van der Waals surface area contributed by atoms with E-state index in [1.54, 1.807) is 31.2 Å². The highest BCUT2D eigenvalue weighted by atomic mass is 32.2. The van der Waals surface area contributed by atoms with Crippen LogP contribution in [0.3, 0.4) is 0 Å². The molecule has 6 heteroatoms. The maximum atomic E-state index is 12.3. The summed E-state index contributed by atoms with van der Waals surface area (Å²) >= 11 is 0. The van der Waals surface area contributed by atoms with Crippen molar-refractivity contribution in [3.8, 4) is 0 Å². The standard InChI is InChI=1S/C19H18O5S/c1-2-23-19(20)15-17(14-13-16-9-5-3-6-10-16)24-25(21,22)18-11-7-4-8-12-18/h3-15H,2H2,1H3/b14-13+,17-15+. The van der Waals surface area contributed by atoms with E-state index in [4.69, 9.17) is 8.92 Å². The first-order valence-corrected chi connectivity index (χ1v) is 9.03. The summed E-state index contributed by atoms with van der Waals surface area (Å²) in [4.78, 5) is 11.7. The van der Waals surface area contributed by atoms with Crippen molar-refractivity contribution in [2.45, 2.75) is 11.8 Å². The molecule has 0 atom stereocenters. The van der Waals surface area contributed by atoms with Gasteiger partial charge >= 0.3 is 16.1 Å². The Bertz CT molecular complexity index is 853. The Morgan fingerprint density at radius 1 is 1.00 bits per heavy atom. The number of benzene rings is 2. The van der Waals surface area contributed by atoms with Crippen molar-refractivity contribution in [2.75, 3.05) is 6.61 Å². The Kier molecular flexibility index (Phi) is 6.54. The Hall–Kier alpha value is -2.86. The Balaban J connectivity index is 2.29. The van der Waals surface area contributed by atoms with E-state index in [0.29, 0.717) is 0 Å². The SMILES string of the molecule is CCOC(=O)/C=C(\C=C\c1ccccc1)OS(=O)(=O)c1ccccc1. The lowest BCUT2D eigenvalue weighted by atomic mass is 10.2. The van der Waals surface area contributed by atoms with Gasteiger partial charge in [0.25, 0.3) is 0 Å². The molecule has 2 aromatic carbocycles. The van der Waals surface area contributed by atoms with Crippen LogP contribution in [-0.2, 0) is 23.8 Å². The van der Waals surface area contributed by atoms with Gasteiger partial charge < -0.3 is 8.92 Å². The van der Waals surface area contributed by atoms with Gasteiger partial charge in [0, 0.05) is 0 Å². The van der Waals surface area contributed by atoms with E-state index >= 15 is 0 Å². The molecule has 130 valence electrons. The molecular weight excluding hydrogens is 340 g/mol. The summed E-state index contributed by atoms with van der Waals surface area (Å²) in [5.74, 6) is -0.815. The molecule has 0 N–H and O–H groups in total. The van der Waals surface area contributed by atoms with Gasteiger partial charge in [0.1, 0.15) is 10.7 Å². The second-order valence-electron chi connectivity index (χ2n) is 4.89. The monoisotopic (exact) mass is 358 g/mol. The minimum Gasteiger partial charge on any atom is -0.463 e. The van der Waals surface area contributed by atoms with Crippen molar-refractivity contribution < 1.29 is 22.1 Å². The van der Waals surface area contributed by atoms with Crippen LogP contribution in [0.1, 0.15) is 12.5 Å². The third-order valence-electron chi connectivity index (χ3n) is 3.02. The van der Waals surface area contributed by atoms with Crippen LogP contribution in [0.25, 0.3) is 6.08 Å². The molecule has 5 nitrogen and oxygen atoms in total. The minimum atomic E-state index is -4.05. The van der Waals surface area contributed by atoms with Gasteiger partial charge in [-0.25, -0.2) is 4.79 Å². The first-order chi connectivity index (χ1) is 12.0. The van der Waals surface area contributed by atoms with Crippen LogP contribution >= 0.6 is 0 Å². The van der Waals surface area contributed by atoms with E-state index in [1.807, 2.05) is 30.3 Å². The average molecular weight is 358 g/mol. The quantitative estimate of drug-likeness (QED) is 0.249. The van der Waals surface area contributed by atoms with Crippen molar-refractivity contribution in [3.05, 3.63) is 84.1 Å². The van der Waals surface area contributed by atoms with Gasteiger partial charge in [-0.3, -0.25) is 0 Å². The molecule has 0 unspecified atom stereocenters. The van der Waals surface area contributed by atoms with E-state index in [-0.39, 0.29) is 17.3 Å². The highest BCUT2D eigenvalue weighted by molar-refractivity contribution is 7.86. The van der Waals surface area contributed by atoms with E-state index in [1.165, 1.54) is 18.2 Å².